The highest BCUT2D eigenvalue weighted by atomic mass is 19.1. The quantitative estimate of drug-likeness (QED) is 0.281. The standard InChI is InChI=1S/C25H26FNO7/c1-31-15-33-19-10-11-20(32-2)23(26)22(19)24(28)16-8-7-9-18-17(16)14-21(34-18)27(25(29)30)12-5-3-4-6-13-27/h7-11,14H,3-6,12-13,15H2,1-2H3/p+1. The molecule has 1 aliphatic heterocycles. The Morgan fingerprint density at radius 2 is 1.76 bits per heavy atom. The van der Waals surface area contributed by atoms with Crippen LogP contribution in [0.15, 0.2) is 40.8 Å². The summed E-state index contributed by atoms with van der Waals surface area (Å²) in [5.74, 6) is -1.34. The molecule has 9 heteroatoms. The molecule has 0 atom stereocenters. The smallest absolute Gasteiger partial charge is 0.494 e. The molecule has 1 fully saturated rings. The number of nitrogens with zero attached hydrogens (tertiary/aromatic N) is 1. The van der Waals surface area contributed by atoms with Crippen LogP contribution in [0.25, 0.3) is 11.0 Å². The lowest BCUT2D eigenvalue weighted by Crippen LogP contribution is -2.54. The van der Waals surface area contributed by atoms with E-state index in [-0.39, 0.29) is 39.8 Å². The number of halogens is 1. The van der Waals surface area contributed by atoms with Crippen molar-refractivity contribution in [3.63, 3.8) is 0 Å². The van der Waals surface area contributed by atoms with Gasteiger partial charge in [-0.05, 0) is 43.9 Å². The highest BCUT2D eigenvalue weighted by Gasteiger charge is 2.43. The Morgan fingerprint density at radius 1 is 1.06 bits per heavy atom. The molecule has 2 aromatic carbocycles. The summed E-state index contributed by atoms with van der Waals surface area (Å²) in [7, 11) is 2.72. The van der Waals surface area contributed by atoms with Crippen molar-refractivity contribution in [2.75, 3.05) is 34.1 Å². The van der Waals surface area contributed by atoms with Crippen molar-refractivity contribution in [3.05, 3.63) is 53.3 Å². The predicted molar refractivity (Wildman–Crippen MR) is 123 cm³/mol. The summed E-state index contributed by atoms with van der Waals surface area (Å²) in [6.07, 6.45) is 2.42. The Bertz CT molecular complexity index is 1210. The first-order valence-corrected chi connectivity index (χ1v) is 11.1. The van der Waals surface area contributed by atoms with Crippen molar-refractivity contribution in [3.8, 4) is 11.5 Å². The molecule has 1 aliphatic rings. The highest BCUT2D eigenvalue weighted by molar-refractivity contribution is 6.17. The maximum Gasteiger partial charge on any atom is 0.521 e. The number of carboxylic acid groups (broad SMARTS) is 1. The molecule has 2 heterocycles. The van der Waals surface area contributed by atoms with E-state index < -0.39 is 17.7 Å². The number of carbonyl (C=O) groups excluding carboxylic acids is 1. The zero-order chi connectivity index (χ0) is 24.3. The lowest BCUT2D eigenvalue weighted by Gasteiger charge is -2.27. The van der Waals surface area contributed by atoms with Crippen LogP contribution < -0.4 is 14.0 Å². The Balaban J connectivity index is 1.85. The zero-order valence-electron chi connectivity index (χ0n) is 19.1. The van der Waals surface area contributed by atoms with Gasteiger partial charge < -0.3 is 23.7 Å². The summed E-state index contributed by atoms with van der Waals surface area (Å²) in [5, 5.41) is 10.5. The fraction of sp³-hybridized carbons (Fsp3) is 0.360. The molecule has 1 aromatic heterocycles. The van der Waals surface area contributed by atoms with E-state index in [0.29, 0.717) is 24.1 Å². The molecule has 0 spiro atoms. The number of methoxy groups -OCH3 is 2. The van der Waals surface area contributed by atoms with Crippen molar-refractivity contribution >= 4 is 28.7 Å². The van der Waals surface area contributed by atoms with Crippen molar-refractivity contribution < 1.29 is 37.7 Å². The van der Waals surface area contributed by atoms with Crippen molar-refractivity contribution in [1.82, 2.24) is 4.48 Å². The number of quaternary nitrogens is 1. The lowest BCUT2D eigenvalue weighted by atomic mass is 9.98. The SMILES string of the molecule is COCOc1ccc(OC)c(F)c1C(=O)c1cccc2oc([N+]3(C(=O)O)CCCCCC3)cc12. The number of hydrogen-bond donors (Lipinski definition) is 1. The number of amides is 1. The van der Waals surface area contributed by atoms with Crippen LogP contribution in [0, 0.1) is 5.82 Å². The number of carbonyl (C=O) groups is 2. The van der Waals surface area contributed by atoms with E-state index in [0.717, 1.165) is 25.7 Å². The van der Waals surface area contributed by atoms with Crippen LogP contribution in [0.2, 0.25) is 0 Å². The monoisotopic (exact) mass is 472 g/mol. The van der Waals surface area contributed by atoms with Crippen LogP contribution in [0.1, 0.15) is 41.6 Å². The van der Waals surface area contributed by atoms with Crippen LogP contribution in [0.3, 0.4) is 0 Å². The molecule has 1 saturated heterocycles. The molecular formula is C25H27FNO7+. The second-order valence-electron chi connectivity index (χ2n) is 8.25. The lowest BCUT2D eigenvalue weighted by molar-refractivity contribution is 0.0500. The van der Waals surface area contributed by atoms with Gasteiger partial charge in [-0.1, -0.05) is 12.1 Å². The van der Waals surface area contributed by atoms with E-state index in [2.05, 4.69) is 0 Å². The number of fused-ring (bicyclic) bond motifs is 1. The first-order chi connectivity index (χ1) is 16.4. The van der Waals surface area contributed by atoms with Gasteiger partial charge in [0, 0.05) is 18.1 Å². The molecule has 0 aliphatic carbocycles. The van der Waals surface area contributed by atoms with Gasteiger partial charge >= 0.3 is 12.0 Å². The first-order valence-electron chi connectivity index (χ1n) is 11.1. The number of hydrogen-bond acceptors (Lipinski definition) is 6. The molecule has 0 saturated carbocycles. The minimum absolute atomic E-state index is 0.00688. The summed E-state index contributed by atoms with van der Waals surface area (Å²) in [6.45, 7) is 0.626. The fourth-order valence-electron chi connectivity index (χ4n) is 4.48. The fourth-order valence-corrected chi connectivity index (χ4v) is 4.48. The van der Waals surface area contributed by atoms with Gasteiger partial charge in [-0.3, -0.25) is 4.79 Å². The molecule has 0 unspecified atom stereocenters. The number of rotatable bonds is 7. The maximum absolute atomic E-state index is 15.2. The largest absolute Gasteiger partial charge is 0.521 e. The number of furan rings is 1. The molecule has 1 amide bonds. The summed E-state index contributed by atoms with van der Waals surface area (Å²) in [5.41, 5.74) is 0.218. The predicted octanol–water partition coefficient (Wildman–Crippen LogP) is 5.35. The van der Waals surface area contributed by atoms with Crippen LogP contribution >= 0.6 is 0 Å². The third-order valence-electron chi connectivity index (χ3n) is 6.26. The summed E-state index contributed by atoms with van der Waals surface area (Å²) in [6, 6.07) is 9.23. The van der Waals surface area contributed by atoms with Gasteiger partial charge in [-0.25, -0.2) is 4.39 Å². The van der Waals surface area contributed by atoms with E-state index in [9.17, 15) is 14.7 Å². The van der Waals surface area contributed by atoms with Crippen molar-refractivity contribution in [1.29, 1.82) is 0 Å². The van der Waals surface area contributed by atoms with E-state index >= 15 is 4.39 Å². The average molecular weight is 472 g/mol. The summed E-state index contributed by atoms with van der Waals surface area (Å²) < 4.78 is 36.3. The van der Waals surface area contributed by atoms with Gasteiger partial charge in [0.05, 0.1) is 26.3 Å². The average Bonchev–Trinajstić information content (AvgIpc) is 3.12. The minimum atomic E-state index is -0.997. The molecule has 180 valence electrons. The van der Waals surface area contributed by atoms with Gasteiger partial charge in [-0.2, -0.15) is 9.28 Å². The number of benzene rings is 2. The summed E-state index contributed by atoms with van der Waals surface area (Å²) >= 11 is 0. The highest BCUT2D eigenvalue weighted by Crippen LogP contribution is 2.37. The van der Waals surface area contributed by atoms with Gasteiger partial charge in [0.2, 0.25) is 5.78 Å². The molecule has 34 heavy (non-hydrogen) atoms. The van der Waals surface area contributed by atoms with Gasteiger partial charge in [0.15, 0.2) is 18.4 Å². The zero-order valence-corrected chi connectivity index (χ0v) is 19.1. The van der Waals surface area contributed by atoms with Crippen LogP contribution in [0.5, 0.6) is 11.5 Å². The van der Waals surface area contributed by atoms with Crippen LogP contribution in [0.4, 0.5) is 15.1 Å². The molecule has 4 rings (SSSR count). The normalized spacial score (nSPS) is 15.6. The number of ketones is 1. The van der Waals surface area contributed by atoms with Gasteiger partial charge in [0.1, 0.15) is 16.9 Å². The van der Waals surface area contributed by atoms with E-state index in [1.165, 1.54) is 26.4 Å². The van der Waals surface area contributed by atoms with Gasteiger partial charge in [0.25, 0.3) is 0 Å². The molecule has 8 nitrogen and oxygen atoms in total. The molecule has 1 N–H and O–H groups in total. The van der Waals surface area contributed by atoms with E-state index in [1.54, 1.807) is 24.3 Å². The third kappa shape index (κ3) is 4.12. The van der Waals surface area contributed by atoms with E-state index in [1.807, 2.05) is 0 Å². The van der Waals surface area contributed by atoms with Crippen molar-refractivity contribution in [2.45, 2.75) is 25.7 Å². The molecule has 0 radical (unpaired) electrons. The first kappa shape index (κ1) is 23.7. The molecular weight excluding hydrogens is 445 g/mol. The van der Waals surface area contributed by atoms with Crippen molar-refractivity contribution in [2.24, 2.45) is 0 Å². The number of ether oxygens (including phenoxy) is 3. The summed E-state index contributed by atoms with van der Waals surface area (Å²) in [4.78, 5) is 26.0. The Kier molecular flexibility index (Phi) is 6.85. The minimum Gasteiger partial charge on any atom is -0.494 e. The van der Waals surface area contributed by atoms with E-state index in [4.69, 9.17) is 18.6 Å². The molecule has 3 aromatic rings. The second-order valence-corrected chi connectivity index (χ2v) is 8.25. The molecule has 0 bridgehead atoms. The Hall–Kier alpha value is -3.43. The maximum atomic E-state index is 15.2. The number of likely N-dealkylation sites (tertiary alicyclic amines) is 1. The topological polar surface area (TPSA) is 95.2 Å². The van der Waals surface area contributed by atoms with Gasteiger partial charge in [-0.15, -0.1) is 0 Å². The van der Waals surface area contributed by atoms with Crippen LogP contribution in [-0.2, 0) is 4.74 Å². The second kappa shape index (κ2) is 9.82. The Labute approximate surface area is 196 Å². The third-order valence-corrected chi connectivity index (χ3v) is 6.26. The Morgan fingerprint density at radius 3 is 2.41 bits per heavy atom. The van der Waals surface area contributed by atoms with Crippen LogP contribution in [-0.4, -0.2) is 51.1 Å².